The zero-order chi connectivity index (χ0) is 18.3. The van der Waals surface area contributed by atoms with Gasteiger partial charge >= 0.3 is 0 Å². The Labute approximate surface area is 152 Å². The summed E-state index contributed by atoms with van der Waals surface area (Å²) in [7, 11) is -1.77. The van der Waals surface area contributed by atoms with E-state index in [-0.39, 0.29) is 10.8 Å². The van der Waals surface area contributed by atoms with Gasteiger partial charge in [-0.1, -0.05) is 0 Å². The third kappa shape index (κ3) is 2.80. The lowest BCUT2D eigenvalue weighted by Crippen LogP contribution is -2.42. The second-order valence-corrected chi connectivity index (χ2v) is 8.45. The van der Waals surface area contributed by atoms with Gasteiger partial charge in [-0.15, -0.1) is 0 Å². The second kappa shape index (κ2) is 6.28. The lowest BCUT2D eigenvalue weighted by Gasteiger charge is -2.35. The maximum absolute atomic E-state index is 13.3. The average molecular weight is 372 g/mol. The second-order valence-electron chi connectivity index (χ2n) is 6.58. The molecule has 3 heterocycles. The summed E-state index contributed by atoms with van der Waals surface area (Å²) in [5.74, 6) is -0.0292. The van der Waals surface area contributed by atoms with Crippen LogP contribution >= 0.6 is 0 Å². The zero-order valence-corrected chi connectivity index (χ0v) is 15.3. The van der Waals surface area contributed by atoms with Crippen LogP contribution in [0.5, 0.6) is 0 Å². The van der Waals surface area contributed by atoms with E-state index in [1.807, 2.05) is 18.0 Å². The number of nitrogens with zero attached hydrogens (tertiary/aromatic N) is 3. The Morgan fingerprint density at radius 3 is 2.81 bits per heavy atom. The number of aryl methyl sites for hydroxylation is 1. The molecule has 0 unspecified atom stereocenters. The summed E-state index contributed by atoms with van der Waals surface area (Å²) in [5, 5.41) is 2.84. The number of rotatable bonds is 2. The molecule has 0 atom stereocenters. The summed E-state index contributed by atoms with van der Waals surface area (Å²) in [6.07, 6.45) is 5.10. The Hall–Kier alpha value is -2.61. The smallest absolute Gasteiger partial charge is 0.264 e. The first kappa shape index (κ1) is 16.8. The fourth-order valence-electron chi connectivity index (χ4n) is 3.46. The molecule has 26 heavy (non-hydrogen) atoms. The van der Waals surface area contributed by atoms with Crippen molar-refractivity contribution < 1.29 is 13.2 Å². The van der Waals surface area contributed by atoms with Crippen molar-refractivity contribution in [1.29, 1.82) is 0 Å². The van der Waals surface area contributed by atoms with E-state index in [9.17, 15) is 13.2 Å². The number of fused-ring (bicyclic) bond motifs is 2. The van der Waals surface area contributed by atoms with Crippen LogP contribution in [0.15, 0.2) is 41.6 Å². The van der Waals surface area contributed by atoms with Crippen LogP contribution in [0.25, 0.3) is 0 Å². The fourth-order valence-corrected chi connectivity index (χ4v) is 4.97. The van der Waals surface area contributed by atoms with Gasteiger partial charge < -0.3 is 10.2 Å². The van der Waals surface area contributed by atoms with Crippen molar-refractivity contribution in [3.05, 3.63) is 42.2 Å². The van der Waals surface area contributed by atoms with Crippen LogP contribution < -0.4 is 14.5 Å². The van der Waals surface area contributed by atoms with Crippen LogP contribution in [0, 0.1) is 0 Å². The van der Waals surface area contributed by atoms with Gasteiger partial charge in [-0.25, -0.2) is 8.42 Å². The first-order chi connectivity index (χ1) is 12.5. The van der Waals surface area contributed by atoms with Crippen LogP contribution in [0.1, 0.15) is 18.4 Å². The Morgan fingerprint density at radius 1 is 1.12 bits per heavy atom. The molecular weight excluding hydrogens is 352 g/mol. The minimum atomic E-state index is -3.70. The van der Waals surface area contributed by atoms with E-state index in [4.69, 9.17) is 0 Å². The average Bonchev–Trinajstić information content (AvgIpc) is 2.82. The molecule has 0 bridgehead atoms. The van der Waals surface area contributed by atoms with E-state index >= 15 is 0 Å². The van der Waals surface area contributed by atoms with Crippen LogP contribution in [0.2, 0.25) is 0 Å². The molecule has 0 radical (unpaired) electrons. The van der Waals surface area contributed by atoms with E-state index in [0.717, 1.165) is 11.3 Å². The summed E-state index contributed by atoms with van der Waals surface area (Å²) >= 11 is 0. The van der Waals surface area contributed by atoms with E-state index in [2.05, 4.69) is 10.3 Å². The molecule has 4 rings (SSSR count). The SMILES string of the molecule is CN1CCN(S(=O)(=O)c2ccc3c(c2)CCCC(=O)N3)c2cnccc21. The number of nitrogens with one attached hydrogen (secondary N) is 1. The largest absolute Gasteiger partial charge is 0.371 e. The number of likely N-dealkylation sites (N-methyl/N-ethyl adjacent to an activating group) is 1. The van der Waals surface area contributed by atoms with Crippen molar-refractivity contribution in [2.24, 2.45) is 0 Å². The van der Waals surface area contributed by atoms with E-state index in [0.29, 0.717) is 43.7 Å². The van der Waals surface area contributed by atoms with Gasteiger partial charge in [-0.2, -0.15) is 0 Å². The molecule has 1 aromatic carbocycles. The molecule has 7 nitrogen and oxygen atoms in total. The molecule has 0 saturated carbocycles. The van der Waals surface area contributed by atoms with Gasteiger partial charge in [0, 0.05) is 31.9 Å². The fraction of sp³-hybridized carbons (Fsp3) is 0.333. The molecule has 0 spiro atoms. The number of carbonyl (C=O) groups excluding carboxylic acids is 1. The van der Waals surface area contributed by atoms with E-state index in [1.165, 1.54) is 4.31 Å². The Morgan fingerprint density at radius 2 is 1.96 bits per heavy atom. The minimum absolute atomic E-state index is 0.0292. The van der Waals surface area contributed by atoms with Gasteiger partial charge in [0.15, 0.2) is 0 Å². The number of benzene rings is 1. The molecule has 2 aliphatic rings. The molecule has 1 amide bonds. The van der Waals surface area contributed by atoms with Crippen molar-refractivity contribution >= 4 is 33.0 Å². The van der Waals surface area contributed by atoms with Crippen LogP contribution in [0.4, 0.5) is 17.1 Å². The Bertz CT molecular complexity index is 974. The van der Waals surface area contributed by atoms with Crippen molar-refractivity contribution in [2.75, 3.05) is 34.7 Å². The minimum Gasteiger partial charge on any atom is -0.371 e. The van der Waals surface area contributed by atoms with Crippen molar-refractivity contribution in [3.8, 4) is 0 Å². The summed E-state index contributed by atoms with van der Waals surface area (Å²) in [6, 6.07) is 6.76. The summed E-state index contributed by atoms with van der Waals surface area (Å²) in [6.45, 7) is 0.975. The third-order valence-electron chi connectivity index (χ3n) is 4.88. The molecule has 136 valence electrons. The van der Waals surface area contributed by atoms with E-state index in [1.54, 1.807) is 30.6 Å². The highest BCUT2D eigenvalue weighted by Gasteiger charge is 2.31. The third-order valence-corrected chi connectivity index (χ3v) is 6.69. The molecule has 0 fully saturated rings. The van der Waals surface area contributed by atoms with Crippen molar-refractivity contribution in [3.63, 3.8) is 0 Å². The summed E-state index contributed by atoms with van der Waals surface area (Å²) < 4.78 is 28.0. The highest BCUT2D eigenvalue weighted by atomic mass is 32.2. The number of hydrogen-bond acceptors (Lipinski definition) is 5. The quantitative estimate of drug-likeness (QED) is 0.872. The highest BCUT2D eigenvalue weighted by molar-refractivity contribution is 7.92. The van der Waals surface area contributed by atoms with Gasteiger partial charge in [0.25, 0.3) is 10.0 Å². The number of aromatic nitrogens is 1. The number of amides is 1. The Kier molecular flexibility index (Phi) is 4.07. The molecule has 2 aliphatic heterocycles. The van der Waals surface area contributed by atoms with Gasteiger partial charge in [-0.05, 0) is 42.7 Å². The van der Waals surface area contributed by atoms with Gasteiger partial charge in [0.1, 0.15) is 0 Å². The number of anilines is 3. The monoisotopic (exact) mass is 372 g/mol. The summed E-state index contributed by atoms with van der Waals surface area (Å²) in [4.78, 5) is 18.1. The van der Waals surface area contributed by atoms with Crippen molar-refractivity contribution in [1.82, 2.24) is 4.98 Å². The lowest BCUT2D eigenvalue weighted by atomic mass is 10.1. The molecular formula is C18H20N4O3S. The highest BCUT2D eigenvalue weighted by Crippen LogP contribution is 2.35. The van der Waals surface area contributed by atoms with Gasteiger partial charge in [0.2, 0.25) is 5.91 Å². The Balaban J connectivity index is 1.75. The molecule has 1 aromatic heterocycles. The number of carbonyl (C=O) groups is 1. The molecule has 2 aromatic rings. The molecule has 0 aliphatic carbocycles. The van der Waals surface area contributed by atoms with Crippen molar-refractivity contribution in [2.45, 2.75) is 24.2 Å². The first-order valence-corrected chi connectivity index (χ1v) is 10.0. The van der Waals surface area contributed by atoms with Gasteiger partial charge in [0.05, 0.1) is 29.0 Å². The maximum Gasteiger partial charge on any atom is 0.264 e. The lowest BCUT2D eigenvalue weighted by molar-refractivity contribution is -0.116. The molecule has 8 heteroatoms. The van der Waals surface area contributed by atoms with Gasteiger partial charge in [-0.3, -0.25) is 14.1 Å². The zero-order valence-electron chi connectivity index (χ0n) is 14.5. The normalized spacial score (nSPS) is 17.2. The maximum atomic E-state index is 13.3. The molecule has 1 N–H and O–H groups in total. The predicted octanol–water partition coefficient (Wildman–Crippen LogP) is 2.00. The number of pyridine rings is 1. The van der Waals surface area contributed by atoms with Crippen LogP contribution in [0.3, 0.4) is 0 Å². The van der Waals surface area contributed by atoms with Crippen LogP contribution in [-0.2, 0) is 21.2 Å². The predicted molar refractivity (Wildman–Crippen MR) is 100 cm³/mol. The molecule has 0 saturated heterocycles. The number of hydrogen-bond donors (Lipinski definition) is 1. The topological polar surface area (TPSA) is 82.6 Å². The first-order valence-electron chi connectivity index (χ1n) is 8.57. The van der Waals surface area contributed by atoms with Crippen LogP contribution in [-0.4, -0.2) is 39.4 Å². The standard InChI is InChI=1S/C18H20N4O3S/c1-21-9-10-22(17-12-19-8-7-16(17)21)26(24,25)14-5-6-15-13(11-14)3-2-4-18(23)20-15/h5-8,11-12H,2-4,9-10H2,1H3,(H,20,23). The van der Waals surface area contributed by atoms with E-state index < -0.39 is 10.0 Å². The summed E-state index contributed by atoms with van der Waals surface area (Å²) in [5.41, 5.74) is 2.99. The number of sulfonamides is 1.